The first kappa shape index (κ1) is 94.6. The van der Waals surface area contributed by atoms with Gasteiger partial charge in [0, 0.05) is 21.3 Å². The van der Waals surface area contributed by atoms with Gasteiger partial charge in [0.15, 0.2) is 0 Å². The van der Waals surface area contributed by atoms with E-state index in [2.05, 4.69) is 189 Å². The standard InChI is InChI=1S/C13H24O.2C12H22O.C11H20O.C10H20O.C9H18O.3CO/c1-6-9-12(3)10-8-11-13(4,7-2)14-5;1-7-12(5,13-6)9-8-11(4)10(2)3;1-5-8-11(3)9-7-10-12(4,13)6-2;1-6-11(5,12)8-7-10(4)9(2)3;1-5-10(4,11)8-6-7-9(2)3;1-6-9(4,10-5)7-8(2)3;3*1-2/h7,10H,2,6,8-9,11H2,1,3-5H3;7H,1,8-9H2,2-6H3;6,9,13H,2,5,7-8,10H2,1,3-4H3;6,12H,1,7-8H2,2-5H3;5,9,11H,1,6-8H2,2-4H3;6,8H,1,7H2,2-5H3;;;/b12-10+;;11-9+;;;;;;. The molecule has 0 heterocycles. The van der Waals surface area contributed by atoms with Crippen LogP contribution < -0.4 is 0 Å². The van der Waals surface area contributed by atoms with Crippen LogP contribution in [0.3, 0.4) is 0 Å². The van der Waals surface area contributed by atoms with Crippen LogP contribution in [0.4, 0.5) is 0 Å². The molecule has 0 amide bonds. The average Bonchev–Trinajstić information content (AvgIpc) is 3.41. The first-order valence-electron chi connectivity index (χ1n) is 28.3. The van der Waals surface area contributed by atoms with Crippen molar-refractivity contribution >= 4 is 0 Å². The van der Waals surface area contributed by atoms with Gasteiger partial charge in [-0.15, -0.1) is 39.5 Å². The van der Waals surface area contributed by atoms with Gasteiger partial charge in [-0.1, -0.05) is 149 Å². The molecule has 9 heteroatoms. The van der Waals surface area contributed by atoms with E-state index in [4.69, 9.17) is 28.2 Å². The van der Waals surface area contributed by atoms with E-state index in [-0.39, 0.29) is 16.8 Å². The molecule has 460 valence electrons. The van der Waals surface area contributed by atoms with Crippen molar-refractivity contribution in [3.63, 3.8) is 0 Å². The molecule has 0 fully saturated rings. The summed E-state index contributed by atoms with van der Waals surface area (Å²) in [4.78, 5) is 0. The third kappa shape index (κ3) is 68.6. The summed E-state index contributed by atoms with van der Waals surface area (Å²) >= 11 is 0. The minimum absolute atomic E-state index is 0.131. The molecule has 0 aromatic carbocycles. The Labute approximate surface area is 490 Å². The zero-order valence-corrected chi connectivity index (χ0v) is 55.6. The average molecular weight is 1110 g/mol. The molecule has 79 heavy (non-hydrogen) atoms. The zero-order valence-electron chi connectivity index (χ0n) is 55.6. The number of ether oxygens (including phenoxy) is 3. The summed E-state index contributed by atoms with van der Waals surface area (Å²) in [5, 5.41) is 28.7. The second-order valence-corrected chi connectivity index (χ2v) is 23.0. The van der Waals surface area contributed by atoms with Crippen molar-refractivity contribution in [2.45, 2.75) is 275 Å². The first-order chi connectivity index (χ1) is 36.4. The molecular formula is C70H126O9. The minimum atomic E-state index is -0.712. The number of hydrogen-bond acceptors (Lipinski definition) is 6. The summed E-state index contributed by atoms with van der Waals surface area (Å²) in [6, 6.07) is 0. The molecule has 0 aliphatic heterocycles. The van der Waals surface area contributed by atoms with Crippen molar-refractivity contribution in [1.82, 2.24) is 0 Å². The van der Waals surface area contributed by atoms with Crippen LogP contribution in [0.5, 0.6) is 0 Å². The molecule has 6 unspecified atom stereocenters. The third-order valence-corrected chi connectivity index (χ3v) is 13.6. The van der Waals surface area contributed by atoms with Gasteiger partial charge >= 0.3 is 33.9 Å². The molecular weight excluding hydrogens is 985 g/mol. The van der Waals surface area contributed by atoms with E-state index in [1.807, 2.05) is 18.2 Å². The third-order valence-electron chi connectivity index (χ3n) is 13.6. The van der Waals surface area contributed by atoms with Crippen molar-refractivity contribution in [3.05, 3.63) is 141 Å². The molecule has 0 rings (SSSR count). The van der Waals surface area contributed by atoms with Crippen LogP contribution in [0.25, 0.3) is 0 Å². The predicted octanol–water partition coefficient (Wildman–Crippen LogP) is 19.6. The molecule has 0 spiro atoms. The van der Waals surface area contributed by atoms with Crippen molar-refractivity contribution in [2.24, 2.45) is 11.8 Å². The van der Waals surface area contributed by atoms with E-state index >= 15 is 0 Å². The molecule has 0 aromatic heterocycles. The first-order valence-corrected chi connectivity index (χ1v) is 28.3. The summed E-state index contributed by atoms with van der Waals surface area (Å²) in [6.45, 7) is 77.4. The number of rotatable bonds is 31. The fraction of sp³-hybridized carbons (Fsp3) is 0.671. The van der Waals surface area contributed by atoms with Crippen LogP contribution >= 0.6 is 0 Å². The van der Waals surface area contributed by atoms with Gasteiger partial charge in [-0.3, -0.25) is 0 Å². The van der Waals surface area contributed by atoms with E-state index in [0.717, 1.165) is 83.0 Å². The van der Waals surface area contributed by atoms with Crippen LogP contribution in [0, 0.1) is 31.8 Å². The molecule has 9 nitrogen and oxygen atoms in total. The van der Waals surface area contributed by atoms with Gasteiger partial charge in [-0.25, -0.2) is 0 Å². The summed E-state index contributed by atoms with van der Waals surface area (Å²) in [7, 11) is 5.20. The summed E-state index contributed by atoms with van der Waals surface area (Å²) < 4.78 is 38.5. The Kier molecular flexibility index (Phi) is 69.0. The van der Waals surface area contributed by atoms with Gasteiger partial charge in [0.25, 0.3) is 0 Å². The van der Waals surface area contributed by atoms with E-state index in [9.17, 15) is 15.3 Å². The Balaban J connectivity index is -0.000000104. The van der Waals surface area contributed by atoms with E-state index in [1.54, 1.807) is 60.3 Å². The normalized spacial score (nSPS) is 14.9. The molecule has 0 bridgehead atoms. The Morgan fingerprint density at radius 2 is 0.747 bits per heavy atom. The molecule has 6 atom stereocenters. The molecule has 0 aromatic rings. The van der Waals surface area contributed by atoms with Crippen molar-refractivity contribution in [2.75, 3.05) is 21.3 Å². The van der Waals surface area contributed by atoms with Crippen LogP contribution in [0.1, 0.15) is 241 Å². The van der Waals surface area contributed by atoms with Crippen LogP contribution in [0.2, 0.25) is 0 Å². The van der Waals surface area contributed by atoms with Gasteiger partial charge in [-0.2, -0.15) is 0 Å². The Morgan fingerprint density at radius 1 is 0.443 bits per heavy atom. The fourth-order valence-electron chi connectivity index (χ4n) is 6.39. The van der Waals surface area contributed by atoms with Gasteiger partial charge in [-0.05, 0) is 186 Å². The molecule has 0 saturated heterocycles. The van der Waals surface area contributed by atoms with Crippen LogP contribution in [-0.2, 0) is 28.2 Å². The van der Waals surface area contributed by atoms with Crippen LogP contribution in [0.15, 0.2) is 122 Å². The van der Waals surface area contributed by atoms with E-state index < -0.39 is 16.8 Å². The van der Waals surface area contributed by atoms with Crippen LogP contribution in [-0.4, -0.2) is 70.3 Å². The van der Waals surface area contributed by atoms with Crippen molar-refractivity contribution in [3.8, 4) is 0 Å². The van der Waals surface area contributed by atoms with Gasteiger partial charge in [0.05, 0.1) is 33.6 Å². The van der Waals surface area contributed by atoms with Crippen molar-refractivity contribution in [1.29, 1.82) is 0 Å². The Morgan fingerprint density at radius 3 is 1.01 bits per heavy atom. The molecule has 0 saturated carbocycles. The molecule has 3 N–H and O–H groups in total. The van der Waals surface area contributed by atoms with Gasteiger partial charge in [0.1, 0.15) is 0 Å². The monoisotopic (exact) mass is 1110 g/mol. The summed E-state index contributed by atoms with van der Waals surface area (Å²) in [6.07, 6.45) is 31.5. The van der Waals surface area contributed by atoms with Crippen molar-refractivity contribution < 1.29 is 43.5 Å². The second-order valence-electron chi connectivity index (χ2n) is 23.0. The molecule has 0 radical (unpaired) electrons. The topological polar surface area (TPSA) is 148 Å². The van der Waals surface area contributed by atoms with Gasteiger partial charge in [0.2, 0.25) is 0 Å². The van der Waals surface area contributed by atoms with E-state index in [0.29, 0.717) is 5.92 Å². The number of allylic oxidation sites excluding steroid dienone is 8. The summed E-state index contributed by atoms with van der Waals surface area (Å²) in [5.74, 6) is 1.39. The Hall–Kier alpha value is -3.62. The fourth-order valence-corrected chi connectivity index (χ4v) is 6.39. The van der Waals surface area contributed by atoms with Gasteiger partial charge < -0.3 is 29.5 Å². The zero-order chi connectivity index (χ0) is 64.7. The second kappa shape index (κ2) is 57.6. The Bertz CT molecular complexity index is 1710. The number of methoxy groups -OCH3 is 3. The maximum absolute atomic E-state index is 9.62. The predicted molar refractivity (Wildman–Crippen MR) is 342 cm³/mol. The quantitative estimate of drug-likeness (QED) is 0.0358. The molecule has 0 aliphatic carbocycles. The number of aliphatic hydroxyl groups is 3. The molecule has 0 aliphatic rings. The number of hydrogen-bond donors (Lipinski definition) is 3. The SMILES string of the molecule is C=CC(C)(CC(C)C)OC.C=CC(C)(CC/C=C(\C)CCC)OC.C=CC(C)(CCC(C)=C(C)C)OC.C=CC(C)(O)CC/C=C(\C)CCC.C=CC(C)(O)CCC(C)=C(C)C.C=CC(C)(O)CCCC(C)C.[C-]#[O+].[C-]#[O+].[C-]#[O+]. The van der Waals surface area contributed by atoms with E-state index in [1.165, 1.54) is 59.1 Å². The summed E-state index contributed by atoms with van der Waals surface area (Å²) in [5.41, 5.74) is 5.92. The maximum atomic E-state index is 9.62.